The molecule has 1 saturated heterocycles. The molecule has 0 spiro atoms. The number of aliphatic hydroxyl groups excluding tert-OH is 1. The van der Waals surface area contributed by atoms with E-state index in [4.69, 9.17) is 0 Å². The van der Waals surface area contributed by atoms with Crippen LogP contribution >= 0.6 is 0 Å². The number of hydrogen-bond acceptors (Lipinski definition) is 5. The summed E-state index contributed by atoms with van der Waals surface area (Å²) in [6.45, 7) is 2.05. The maximum absolute atomic E-state index is 14.6. The summed E-state index contributed by atoms with van der Waals surface area (Å²) in [5, 5.41) is 26.1. The molecular formula is C24H28F3N3O3. The first kappa shape index (κ1) is 23.5. The monoisotopic (exact) mass is 463 g/mol. The van der Waals surface area contributed by atoms with Crippen LogP contribution in [0.5, 0.6) is 0 Å². The number of carbonyl (C=O) groups is 1. The van der Waals surface area contributed by atoms with Gasteiger partial charge in [-0.2, -0.15) is 0 Å². The molecule has 6 nitrogen and oxygen atoms in total. The zero-order chi connectivity index (χ0) is 23.8. The highest BCUT2D eigenvalue weighted by Gasteiger charge is 2.44. The molecule has 9 heteroatoms. The highest BCUT2D eigenvalue weighted by atomic mass is 19.2. The van der Waals surface area contributed by atoms with Gasteiger partial charge < -0.3 is 25.7 Å². The van der Waals surface area contributed by atoms with E-state index in [1.54, 1.807) is 13.0 Å². The van der Waals surface area contributed by atoms with E-state index in [1.807, 2.05) is 0 Å². The van der Waals surface area contributed by atoms with Crippen LogP contribution in [-0.4, -0.2) is 58.4 Å². The quantitative estimate of drug-likeness (QED) is 0.529. The number of β-amino-alcohol motifs (C(OH)–C–C–N with tert-alkyl or cyclic N) is 1. The van der Waals surface area contributed by atoms with Crippen LogP contribution in [0.1, 0.15) is 41.6 Å². The van der Waals surface area contributed by atoms with Crippen LogP contribution in [0.15, 0.2) is 30.3 Å². The van der Waals surface area contributed by atoms with Gasteiger partial charge in [0.2, 0.25) is 0 Å². The van der Waals surface area contributed by atoms with Crippen molar-refractivity contribution in [3.63, 3.8) is 0 Å². The number of aliphatic hydroxyl groups is 2. The number of anilines is 2. The van der Waals surface area contributed by atoms with Gasteiger partial charge in [-0.1, -0.05) is 6.07 Å². The number of nitrogens with one attached hydrogen (secondary N) is 2. The molecule has 0 radical (unpaired) electrons. The van der Waals surface area contributed by atoms with Crippen LogP contribution in [0.4, 0.5) is 24.5 Å². The topological polar surface area (TPSA) is 84.8 Å². The van der Waals surface area contributed by atoms with Crippen LogP contribution in [0.3, 0.4) is 0 Å². The van der Waals surface area contributed by atoms with E-state index in [0.717, 1.165) is 25.0 Å². The number of amides is 1. The minimum Gasteiger partial charge on any atom is -0.393 e. The van der Waals surface area contributed by atoms with Gasteiger partial charge in [-0.25, -0.2) is 13.2 Å². The smallest absolute Gasteiger partial charge is 0.256 e. The lowest BCUT2D eigenvalue weighted by molar-refractivity contribution is -0.0806. The molecule has 0 bridgehead atoms. The van der Waals surface area contributed by atoms with Crippen molar-refractivity contribution in [2.75, 3.05) is 25.0 Å². The molecule has 0 aromatic heterocycles. The summed E-state index contributed by atoms with van der Waals surface area (Å²) in [5.41, 5.74) is -1.14. The zero-order valence-electron chi connectivity index (χ0n) is 18.4. The third-order valence-electron chi connectivity index (χ3n) is 6.38. The zero-order valence-corrected chi connectivity index (χ0v) is 18.4. The minimum atomic E-state index is -1.28. The van der Waals surface area contributed by atoms with Crippen molar-refractivity contribution in [3.05, 3.63) is 58.9 Å². The molecular weight excluding hydrogens is 435 g/mol. The number of carbonyl (C=O) groups excluding carboxylic acids is 1. The van der Waals surface area contributed by atoms with Crippen LogP contribution < -0.4 is 10.6 Å². The molecule has 2 fully saturated rings. The number of aryl methyl sites for hydroxylation is 1. The molecule has 1 heterocycles. The lowest BCUT2D eigenvalue weighted by Gasteiger charge is -2.47. The predicted octanol–water partition coefficient (Wildman–Crippen LogP) is 3.24. The van der Waals surface area contributed by atoms with Gasteiger partial charge in [0.1, 0.15) is 11.4 Å². The number of hydrogen-bond donors (Lipinski definition) is 4. The second-order valence-electron chi connectivity index (χ2n) is 9.16. The van der Waals surface area contributed by atoms with E-state index < -0.39 is 34.6 Å². The molecule has 33 heavy (non-hydrogen) atoms. The molecule has 4 rings (SSSR count). The summed E-state index contributed by atoms with van der Waals surface area (Å²) in [6, 6.07) is 6.45. The molecule has 2 aromatic rings. The lowest BCUT2D eigenvalue weighted by atomic mass is 9.90. The first-order valence-corrected chi connectivity index (χ1v) is 11.1. The van der Waals surface area contributed by atoms with Crippen LogP contribution in [-0.2, 0) is 0 Å². The third kappa shape index (κ3) is 5.15. The Morgan fingerprint density at radius 1 is 1.09 bits per heavy atom. The van der Waals surface area contributed by atoms with Crippen molar-refractivity contribution in [2.45, 2.75) is 50.4 Å². The molecule has 0 atom stereocenters. The van der Waals surface area contributed by atoms with Gasteiger partial charge in [-0.3, -0.25) is 4.79 Å². The van der Waals surface area contributed by atoms with Crippen LogP contribution in [0.25, 0.3) is 0 Å². The van der Waals surface area contributed by atoms with Crippen molar-refractivity contribution >= 4 is 17.3 Å². The Balaban J connectivity index is 1.44. The highest BCUT2D eigenvalue weighted by molar-refractivity contribution is 6.01. The number of halogens is 3. The summed E-state index contributed by atoms with van der Waals surface area (Å²) in [6.07, 6.45) is 2.80. The molecule has 1 aliphatic heterocycles. The first-order valence-electron chi connectivity index (χ1n) is 11.1. The van der Waals surface area contributed by atoms with Crippen molar-refractivity contribution in [3.8, 4) is 0 Å². The molecule has 0 unspecified atom stereocenters. The maximum Gasteiger partial charge on any atom is 0.256 e. The van der Waals surface area contributed by atoms with Crippen LogP contribution in [0.2, 0.25) is 0 Å². The van der Waals surface area contributed by atoms with Gasteiger partial charge >= 0.3 is 0 Å². The lowest BCUT2D eigenvalue weighted by Crippen LogP contribution is -2.67. The van der Waals surface area contributed by atoms with Crippen molar-refractivity contribution in [1.82, 2.24) is 10.2 Å². The number of benzene rings is 2. The fourth-order valence-electron chi connectivity index (χ4n) is 4.41. The average Bonchev–Trinajstić information content (AvgIpc) is 2.76. The van der Waals surface area contributed by atoms with Gasteiger partial charge in [0, 0.05) is 12.6 Å². The van der Waals surface area contributed by atoms with E-state index in [9.17, 15) is 28.2 Å². The molecule has 2 aliphatic rings. The first-order chi connectivity index (χ1) is 15.6. The Hall–Kier alpha value is -2.62. The largest absolute Gasteiger partial charge is 0.393 e. The van der Waals surface area contributed by atoms with E-state index in [0.29, 0.717) is 18.4 Å². The summed E-state index contributed by atoms with van der Waals surface area (Å²) >= 11 is 0. The Bertz CT molecular complexity index is 1040. The molecule has 1 saturated carbocycles. The molecule has 1 aliphatic carbocycles. The number of nitrogens with zero attached hydrogens (tertiary/aromatic N) is 1. The van der Waals surface area contributed by atoms with E-state index in [-0.39, 0.29) is 43.0 Å². The third-order valence-corrected chi connectivity index (χ3v) is 6.38. The van der Waals surface area contributed by atoms with E-state index in [1.165, 1.54) is 17.0 Å². The normalized spacial score (nSPS) is 22.1. The molecule has 1 amide bonds. The van der Waals surface area contributed by atoms with Crippen LogP contribution in [0, 0.1) is 24.4 Å². The Morgan fingerprint density at radius 3 is 2.45 bits per heavy atom. The molecule has 2 aromatic carbocycles. The summed E-state index contributed by atoms with van der Waals surface area (Å²) < 4.78 is 42.8. The van der Waals surface area contributed by atoms with Gasteiger partial charge in [-0.15, -0.1) is 0 Å². The molecule has 178 valence electrons. The van der Waals surface area contributed by atoms with E-state index >= 15 is 0 Å². The van der Waals surface area contributed by atoms with Gasteiger partial charge in [-0.05, 0) is 62.4 Å². The maximum atomic E-state index is 14.6. The SMILES string of the molecule is Cc1ccc(Nc2c(C(=O)N3CC(O)(CNC4CCC(O)CC4)C3)ccc(F)c2F)c(F)c1. The van der Waals surface area contributed by atoms with Gasteiger partial charge in [0.25, 0.3) is 5.91 Å². The molecule has 4 N–H and O–H groups in total. The fourth-order valence-corrected chi connectivity index (χ4v) is 4.41. The standard InChI is InChI=1S/C24H28F3N3O3/c1-14-2-9-20(19(26)10-14)29-22-17(7-8-18(25)21(22)27)23(32)30-12-24(33,13-30)11-28-15-3-5-16(31)6-4-15/h2,7-10,15-16,28-29,31,33H,3-6,11-13H2,1H3. The fraction of sp³-hybridized carbons (Fsp3) is 0.458. The summed E-state index contributed by atoms with van der Waals surface area (Å²) in [5.74, 6) is -3.69. The van der Waals surface area contributed by atoms with Crippen molar-refractivity contribution in [2.24, 2.45) is 0 Å². The van der Waals surface area contributed by atoms with E-state index in [2.05, 4.69) is 10.6 Å². The van der Waals surface area contributed by atoms with Crippen molar-refractivity contribution < 1.29 is 28.2 Å². The Kier molecular flexibility index (Phi) is 6.65. The Labute approximate surface area is 190 Å². The second-order valence-corrected chi connectivity index (χ2v) is 9.16. The highest BCUT2D eigenvalue weighted by Crippen LogP contribution is 2.31. The van der Waals surface area contributed by atoms with Crippen molar-refractivity contribution in [1.29, 1.82) is 0 Å². The average molecular weight is 464 g/mol. The van der Waals surface area contributed by atoms with Gasteiger partial charge in [0.05, 0.1) is 36.1 Å². The second kappa shape index (κ2) is 9.32. The minimum absolute atomic E-state index is 0.0332. The number of likely N-dealkylation sites (tertiary alicyclic amines) is 1. The summed E-state index contributed by atoms with van der Waals surface area (Å²) in [7, 11) is 0. The number of rotatable bonds is 6. The Morgan fingerprint density at radius 2 is 1.79 bits per heavy atom. The van der Waals surface area contributed by atoms with Gasteiger partial charge in [0.15, 0.2) is 11.6 Å². The predicted molar refractivity (Wildman–Crippen MR) is 118 cm³/mol. The summed E-state index contributed by atoms with van der Waals surface area (Å²) in [4.78, 5) is 14.4.